The third-order valence-corrected chi connectivity index (χ3v) is 4.86. The first-order valence-corrected chi connectivity index (χ1v) is 7.94. The number of rotatable bonds is 2. The fourth-order valence-corrected chi connectivity index (χ4v) is 3.51. The molecule has 1 saturated heterocycles. The summed E-state index contributed by atoms with van der Waals surface area (Å²) in [7, 11) is 0. The molecule has 0 radical (unpaired) electrons. The predicted octanol–water partition coefficient (Wildman–Crippen LogP) is 2.45. The van der Waals surface area contributed by atoms with Gasteiger partial charge in [0.05, 0.1) is 5.69 Å². The number of hydrogen-bond acceptors (Lipinski definition) is 5. The number of amides is 1. The van der Waals surface area contributed by atoms with E-state index in [1.54, 1.807) is 0 Å². The van der Waals surface area contributed by atoms with Crippen LogP contribution in [0.15, 0.2) is 16.5 Å². The van der Waals surface area contributed by atoms with Gasteiger partial charge in [-0.2, -0.15) is 0 Å². The molecule has 0 spiro atoms. The smallest absolute Gasteiger partial charge is 0.266 e. The Balaban J connectivity index is 1.88. The van der Waals surface area contributed by atoms with Crippen LogP contribution in [0.25, 0.3) is 10.8 Å². The molecule has 0 unspecified atom stereocenters. The first-order valence-electron chi connectivity index (χ1n) is 7.12. The highest BCUT2D eigenvalue weighted by Crippen LogP contribution is 2.30. The molecule has 112 valence electrons. The van der Waals surface area contributed by atoms with Crippen LogP contribution in [0.5, 0.6) is 0 Å². The van der Waals surface area contributed by atoms with Gasteiger partial charge < -0.3 is 14.6 Å². The number of carbonyl (C=O) groups excluding carboxylic acids is 1. The predicted molar refractivity (Wildman–Crippen MR) is 82.7 cm³/mol. The molecule has 3 rings (SSSR count). The summed E-state index contributed by atoms with van der Waals surface area (Å²) < 4.78 is 5.60. The first kappa shape index (κ1) is 14.3. The van der Waals surface area contributed by atoms with Gasteiger partial charge in [0, 0.05) is 25.7 Å². The lowest BCUT2D eigenvalue weighted by Gasteiger charge is -2.33. The Morgan fingerprint density at radius 3 is 2.95 bits per heavy atom. The molecule has 1 aliphatic rings. The van der Waals surface area contributed by atoms with Gasteiger partial charge in [-0.1, -0.05) is 0 Å². The number of nitrogens with one attached hydrogen (secondary N) is 1. The Morgan fingerprint density at radius 2 is 2.29 bits per heavy atom. The van der Waals surface area contributed by atoms with E-state index in [9.17, 15) is 4.79 Å². The molecule has 1 atom stereocenters. The molecule has 3 heterocycles. The summed E-state index contributed by atoms with van der Waals surface area (Å²) in [5.41, 5.74) is 0.778. The molecule has 1 aliphatic heterocycles. The molecule has 1 fully saturated rings. The molecular formula is C15H19N3O2S. The summed E-state index contributed by atoms with van der Waals surface area (Å²) in [5.74, 6) is 1.66. The van der Waals surface area contributed by atoms with E-state index >= 15 is 0 Å². The van der Waals surface area contributed by atoms with Gasteiger partial charge in [0.25, 0.3) is 5.91 Å². The fourth-order valence-electron chi connectivity index (χ4n) is 2.52. The zero-order valence-electron chi connectivity index (χ0n) is 12.5. The summed E-state index contributed by atoms with van der Waals surface area (Å²) in [6.45, 7) is 8.28. The van der Waals surface area contributed by atoms with Crippen LogP contribution >= 0.6 is 11.3 Å². The number of carbonyl (C=O) groups is 1. The molecule has 0 aliphatic carbocycles. The minimum atomic E-state index is 0.0773. The zero-order valence-corrected chi connectivity index (χ0v) is 13.3. The third kappa shape index (κ3) is 2.73. The molecule has 0 bridgehead atoms. The van der Waals surface area contributed by atoms with Gasteiger partial charge in [-0.3, -0.25) is 4.79 Å². The minimum absolute atomic E-state index is 0.0773. The quantitative estimate of drug-likeness (QED) is 0.926. The van der Waals surface area contributed by atoms with Crippen molar-refractivity contribution < 1.29 is 9.21 Å². The Kier molecular flexibility index (Phi) is 3.82. The van der Waals surface area contributed by atoms with Gasteiger partial charge in [0.2, 0.25) is 0 Å². The van der Waals surface area contributed by atoms with Gasteiger partial charge in [-0.25, -0.2) is 4.98 Å². The summed E-state index contributed by atoms with van der Waals surface area (Å²) in [6.07, 6.45) is 0. The Bertz CT molecular complexity index is 662. The van der Waals surface area contributed by atoms with E-state index in [1.807, 2.05) is 30.9 Å². The van der Waals surface area contributed by atoms with E-state index in [2.05, 4.69) is 17.2 Å². The highest BCUT2D eigenvalue weighted by molar-refractivity contribution is 7.17. The molecule has 5 nitrogen and oxygen atoms in total. The highest BCUT2D eigenvalue weighted by Gasteiger charge is 2.27. The van der Waals surface area contributed by atoms with Crippen molar-refractivity contribution in [2.24, 2.45) is 0 Å². The number of nitrogens with zero attached hydrogens (tertiary/aromatic N) is 2. The lowest BCUT2D eigenvalue weighted by molar-refractivity contribution is 0.0660. The maximum absolute atomic E-state index is 12.7. The van der Waals surface area contributed by atoms with Crippen molar-refractivity contribution in [3.05, 3.63) is 28.5 Å². The number of aryl methyl sites for hydroxylation is 2. The summed E-state index contributed by atoms with van der Waals surface area (Å²) in [5, 5.41) is 4.07. The Morgan fingerprint density at radius 1 is 1.48 bits per heavy atom. The molecule has 1 amide bonds. The molecule has 2 aromatic rings. The topological polar surface area (TPSA) is 58.4 Å². The second-order valence-electron chi connectivity index (χ2n) is 5.40. The molecule has 6 heteroatoms. The maximum atomic E-state index is 12.7. The van der Waals surface area contributed by atoms with Gasteiger partial charge in [-0.05, 0) is 32.9 Å². The minimum Gasteiger partial charge on any atom is -0.459 e. The monoisotopic (exact) mass is 305 g/mol. The van der Waals surface area contributed by atoms with E-state index < -0.39 is 0 Å². The average Bonchev–Trinajstić information content (AvgIpc) is 3.05. The number of aromatic nitrogens is 1. The van der Waals surface area contributed by atoms with Crippen molar-refractivity contribution in [3.63, 3.8) is 0 Å². The van der Waals surface area contributed by atoms with Crippen molar-refractivity contribution in [2.75, 3.05) is 19.6 Å². The van der Waals surface area contributed by atoms with Crippen LogP contribution in [-0.4, -0.2) is 41.5 Å². The third-order valence-electron chi connectivity index (χ3n) is 3.70. The lowest BCUT2D eigenvalue weighted by Crippen LogP contribution is -2.52. The molecule has 0 aromatic carbocycles. The second kappa shape index (κ2) is 5.61. The van der Waals surface area contributed by atoms with Crippen LogP contribution in [-0.2, 0) is 0 Å². The molecule has 2 aromatic heterocycles. The first-order chi connectivity index (χ1) is 10.1. The lowest BCUT2D eigenvalue weighted by atomic mass is 10.2. The SMILES string of the molecule is Cc1ccc(-c2nc(C)c(C(=O)N3CCNC[C@@H]3C)s2)o1. The van der Waals surface area contributed by atoms with E-state index in [-0.39, 0.29) is 11.9 Å². The second-order valence-corrected chi connectivity index (χ2v) is 6.39. The van der Waals surface area contributed by atoms with Crippen LogP contribution in [0.4, 0.5) is 0 Å². The van der Waals surface area contributed by atoms with Gasteiger partial charge in [0.1, 0.15) is 10.6 Å². The normalized spacial score (nSPS) is 19.0. The van der Waals surface area contributed by atoms with Crippen molar-refractivity contribution in [1.29, 1.82) is 0 Å². The largest absolute Gasteiger partial charge is 0.459 e. The Labute approximate surface area is 128 Å². The van der Waals surface area contributed by atoms with Gasteiger partial charge in [0.15, 0.2) is 10.8 Å². The van der Waals surface area contributed by atoms with Crippen molar-refractivity contribution >= 4 is 17.2 Å². The van der Waals surface area contributed by atoms with E-state index in [0.717, 1.165) is 41.9 Å². The van der Waals surface area contributed by atoms with Crippen molar-refractivity contribution in [3.8, 4) is 10.8 Å². The molecule has 21 heavy (non-hydrogen) atoms. The van der Waals surface area contributed by atoms with Crippen LogP contribution in [0, 0.1) is 13.8 Å². The summed E-state index contributed by atoms with van der Waals surface area (Å²) >= 11 is 1.41. The molecular weight excluding hydrogens is 286 g/mol. The fraction of sp³-hybridized carbons (Fsp3) is 0.467. The number of piperazine rings is 1. The number of thiazole rings is 1. The standard InChI is InChI=1S/C15H19N3O2S/c1-9-8-16-6-7-18(9)15(19)13-11(3)17-14(21-13)12-5-4-10(2)20-12/h4-5,9,16H,6-8H2,1-3H3/t9-/m0/s1. The van der Waals surface area contributed by atoms with Crippen LogP contribution in [0.2, 0.25) is 0 Å². The summed E-state index contributed by atoms with van der Waals surface area (Å²) in [6, 6.07) is 4.02. The van der Waals surface area contributed by atoms with Crippen LogP contribution in [0.1, 0.15) is 28.0 Å². The van der Waals surface area contributed by atoms with Crippen LogP contribution in [0.3, 0.4) is 0 Å². The van der Waals surface area contributed by atoms with E-state index in [0.29, 0.717) is 4.88 Å². The average molecular weight is 305 g/mol. The molecule has 0 saturated carbocycles. The molecule has 1 N–H and O–H groups in total. The highest BCUT2D eigenvalue weighted by atomic mass is 32.1. The number of furan rings is 1. The van der Waals surface area contributed by atoms with E-state index in [4.69, 9.17) is 4.42 Å². The maximum Gasteiger partial charge on any atom is 0.266 e. The Hall–Kier alpha value is -1.66. The van der Waals surface area contributed by atoms with Gasteiger partial charge in [-0.15, -0.1) is 11.3 Å². The zero-order chi connectivity index (χ0) is 15.0. The van der Waals surface area contributed by atoms with E-state index in [1.165, 1.54) is 11.3 Å². The van der Waals surface area contributed by atoms with Crippen molar-refractivity contribution in [2.45, 2.75) is 26.8 Å². The van der Waals surface area contributed by atoms with Crippen LogP contribution < -0.4 is 5.32 Å². The van der Waals surface area contributed by atoms with Gasteiger partial charge >= 0.3 is 0 Å². The summed E-state index contributed by atoms with van der Waals surface area (Å²) in [4.78, 5) is 19.9. The number of hydrogen-bond donors (Lipinski definition) is 1. The van der Waals surface area contributed by atoms with Crippen molar-refractivity contribution in [1.82, 2.24) is 15.2 Å².